The molecule has 0 radical (unpaired) electrons. The topological polar surface area (TPSA) is 47.6 Å². The fourth-order valence-electron chi connectivity index (χ4n) is 1.11. The number of nitrogens with zero attached hydrogens (tertiary/aromatic N) is 2. The summed E-state index contributed by atoms with van der Waals surface area (Å²) in [5, 5.41) is 17.1. The molecule has 50 valence electrons. The van der Waals surface area contributed by atoms with Crippen molar-refractivity contribution in [2.75, 3.05) is 0 Å². The van der Waals surface area contributed by atoms with Crippen molar-refractivity contribution in [3.63, 3.8) is 0 Å². The highest BCUT2D eigenvalue weighted by atomic mass is 14.3. The Balaban J connectivity index is 2.70. The zero-order chi connectivity index (χ0) is 7.40. The van der Waals surface area contributed by atoms with Gasteiger partial charge >= 0.3 is 0 Å². The molecule has 0 N–H and O–H groups in total. The first-order chi connectivity index (χ1) is 4.88. The predicted molar refractivity (Wildman–Crippen MR) is 36.6 cm³/mol. The Kier molecular flexibility index (Phi) is 2.07. The molecule has 10 heavy (non-hydrogen) atoms. The smallest absolute Gasteiger partial charge is 0.0801 e. The van der Waals surface area contributed by atoms with Crippen LogP contribution in [0.25, 0.3) is 0 Å². The molecule has 1 rings (SSSR count). The minimum Gasteiger partial charge on any atom is -0.198 e. The molecule has 2 heteroatoms. The number of rotatable bonds is 0. The van der Waals surface area contributed by atoms with Crippen LogP contribution in [0.1, 0.15) is 12.8 Å². The molecule has 2 atom stereocenters. The molecule has 1 aliphatic rings. The SMILES string of the molecule is N#CC1C=CCCC1C#N. The average Bonchev–Trinajstić information content (AvgIpc) is 2.04. The molecule has 0 fully saturated rings. The van der Waals surface area contributed by atoms with Crippen LogP contribution in [0.4, 0.5) is 0 Å². The lowest BCUT2D eigenvalue weighted by Crippen LogP contribution is -2.11. The van der Waals surface area contributed by atoms with Gasteiger partial charge in [0.2, 0.25) is 0 Å². The third-order valence-electron chi connectivity index (χ3n) is 1.74. The van der Waals surface area contributed by atoms with Gasteiger partial charge in [-0.05, 0) is 12.8 Å². The Bertz CT molecular complexity index is 216. The summed E-state index contributed by atoms with van der Waals surface area (Å²) in [6.07, 6.45) is 5.58. The zero-order valence-electron chi connectivity index (χ0n) is 5.62. The summed E-state index contributed by atoms with van der Waals surface area (Å²) >= 11 is 0. The van der Waals surface area contributed by atoms with E-state index in [2.05, 4.69) is 12.1 Å². The summed E-state index contributed by atoms with van der Waals surface area (Å²) < 4.78 is 0. The molecule has 1 aliphatic carbocycles. The maximum absolute atomic E-state index is 8.56. The van der Waals surface area contributed by atoms with Gasteiger partial charge in [0.15, 0.2) is 0 Å². The lowest BCUT2D eigenvalue weighted by atomic mass is 9.86. The van der Waals surface area contributed by atoms with Gasteiger partial charge in [-0.2, -0.15) is 10.5 Å². The fourth-order valence-corrected chi connectivity index (χ4v) is 1.11. The van der Waals surface area contributed by atoms with Crippen molar-refractivity contribution in [3.05, 3.63) is 12.2 Å². The zero-order valence-corrected chi connectivity index (χ0v) is 5.62. The van der Waals surface area contributed by atoms with Crippen molar-refractivity contribution in [2.45, 2.75) is 12.8 Å². The van der Waals surface area contributed by atoms with Gasteiger partial charge in [-0.1, -0.05) is 12.2 Å². The molecule has 0 saturated carbocycles. The minimum atomic E-state index is -0.168. The van der Waals surface area contributed by atoms with Crippen molar-refractivity contribution >= 4 is 0 Å². The Hall–Kier alpha value is -1.28. The summed E-state index contributed by atoms with van der Waals surface area (Å²) in [7, 11) is 0. The molecule has 2 unspecified atom stereocenters. The van der Waals surface area contributed by atoms with Crippen LogP contribution in [-0.4, -0.2) is 0 Å². The second-order valence-electron chi connectivity index (χ2n) is 2.40. The van der Waals surface area contributed by atoms with Crippen molar-refractivity contribution in [2.24, 2.45) is 11.8 Å². The minimum absolute atomic E-state index is 0.0741. The van der Waals surface area contributed by atoms with Gasteiger partial charge in [0.05, 0.1) is 24.0 Å². The van der Waals surface area contributed by atoms with Crippen LogP contribution in [0, 0.1) is 34.5 Å². The molecule has 0 aromatic carbocycles. The van der Waals surface area contributed by atoms with Crippen molar-refractivity contribution in [1.82, 2.24) is 0 Å². The van der Waals surface area contributed by atoms with Gasteiger partial charge in [-0.25, -0.2) is 0 Å². The molecule has 0 heterocycles. The summed E-state index contributed by atoms with van der Waals surface area (Å²) in [4.78, 5) is 0. The Morgan fingerprint density at radius 3 is 2.60 bits per heavy atom. The molecule has 0 aromatic rings. The normalized spacial score (nSPS) is 30.6. The number of allylic oxidation sites excluding steroid dienone is 2. The molecule has 2 nitrogen and oxygen atoms in total. The predicted octanol–water partition coefficient (Wildman–Crippen LogP) is 1.62. The van der Waals surface area contributed by atoms with Gasteiger partial charge < -0.3 is 0 Å². The molecule has 0 bridgehead atoms. The van der Waals surface area contributed by atoms with Crippen molar-refractivity contribution in [3.8, 4) is 12.1 Å². The van der Waals surface area contributed by atoms with Crippen LogP contribution < -0.4 is 0 Å². The van der Waals surface area contributed by atoms with Crippen molar-refractivity contribution < 1.29 is 0 Å². The fraction of sp³-hybridized carbons (Fsp3) is 0.500. The van der Waals surface area contributed by atoms with Gasteiger partial charge in [-0.3, -0.25) is 0 Å². The summed E-state index contributed by atoms with van der Waals surface area (Å²) in [5.74, 6) is -0.242. The van der Waals surface area contributed by atoms with Crippen LogP contribution >= 0.6 is 0 Å². The third-order valence-corrected chi connectivity index (χ3v) is 1.74. The highest BCUT2D eigenvalue weighted by Gasteiger charge is 2.19. The molecule has 0 saturated heterocycles. The lowest BCUT2D eigenvalue weighted by Gasteiger charge is -2.14. The highest BCUT2D eigenvalue weighted by Crippen LogP contribution is 2.22. The standard InChI is InChI=1S/C8H8N2/c9-5-7-3-1-2-4-8(7)6-10/h1,3,7-8H,2,4H2. The summed E-state index contributed by atoms with van der Waals surface area (Å²) in [6, 6.07) is 4.23. The maximum Gasteiger partial charge on any atom is 0.0801 e. The lowest BCUT2D eigenvalue weighted by molar-refractivity contribution is 0.516. The largest absolute Gasteiger partial charge is 0.198 e. The third kappa shape index (κ3) is 1.17. The Morgan fingerprint density at radius 1 is 1.30 bits per heavy atom. The van der Waals surface area contributed by atoms with E-state index in [1.54, 1.807) is 0 Å². The molecule has 0 aliphatic heterocycles. The second kappa shape index (κ2) is 3.03. The number of hydrogen-bond acceptors (Lipinski definition) is 2. The van der Waals surface area contributed by atoms with Crippen LogP contribution in [0.2, 0.25) is 0 Å². The Morgan fingerprint density at radius 2 is 2.10 bits per heavy atom. The molecule has 0 spiro atoms. The number of nitriles is 2. The van der Waals surface area contributed by atoms with Gasteiger partial charge in [0, 0.05) is 0 Å². The van der Waals surface area contributed by atoms with E-state index < -0.39 is 0 Å². The molecule has 0 aromatic heterocycles. The second-order valence-corrected chi connectivity index (χ2v) is 2.40. The van der Waals surface area contributed by atoms with Crippen molar-refractivity contribution in [1.29, 1.82) is 10.5 Å². The first-order valence-electron chi connectivity index (χ1n) is 3.34. The van der Waals surface area contributed by atoms with E-state index in [0.717, 1.165) is 12.8 Å². The number of hydrogen-bond donors (Lipinski definition) is 0. The van der Waals surface area contributed by atoms with Gasteiger partial charge in [0.1, 0.15) is 0 Å². The van der Waals surface area contributed by atoms with Crippen LogP contribution in [-0.2, 0) is 0 Å². The van der Waals surface area contributed by atoms with Crippen LogP contribution in [0.5, 0.6) is 0 Å². The average molecular weight is 132 g/mol. The maximum atomic E-state index is 8.56. The monoisotopic (exact) mass is 132 g/mol. The molecular weight excluding hydrogens is 124 g/mol. The first kappa shape index (κ1) is 6.83. The van der Waals surface area contributed by atoms with E-state index in [-0.39, 0.29) is 11.8 Å². The van der Waals surface area contributed by atoms with E-state index in [1.165, 1.54) is 0 Å². The summed E-state index contributed by atoms with van der Waals surface area (Å²) in [5.41, 5.74) is 0. The Labute approximate surface area is 60.4 Å². The van der Waals surface area contributed by atoms with Gasteiger partial charge in [-0.15, -0.1) is 0 Å². The first-order valence-corrected chi connectivity index (χ1v) is 3.34. The summed E-state index contributed by atoms with van der Waals surface area (Å²) in [6.45, 7) is 0. The highest BCUT2D eigenvalue weighted by molar-refractivity contribution is 5.11. The van der Waals surface area contributed by atoms with Crippen LogP contribution in [0.3, 0.4) is 0 Å². The molecule has 0 amide bonds. The van der Waals surface area contributed by atoms with E-state index in [1.807, 2.05) is 12.2 Å². The molecular formula is C8H8N2. The van der Waals surface area contributed by atoms with Gasteiger partial charge in [0.25, 0.3) is 0 Å². The van der Waals surface area contributed by atoms with E-state index in [0.29, 0.717) is 0 Å². The van der Waals surface area contributed by atoms with E-state index in [9.17, 15) is 0 Å². The van der Waals surface area contributed by atoms with E-state index >= 15 is 0 Å². The van der Waals surface area contributed by atoms with E-state index in [4.69, 9.17) is 10.5 Å². The van der Waals surface area contributed by atoms with Crippen LogP contribution in [0.15, 0.2) is 12.2 Å². The quantitative estimate of drug-likeness (QED) is 0.470.